The summed E-state index contributed by atoms with van der Waals surface area (Å²) in [7, 11) is 0. The molecule has 8 heteroatoms. The van der Waals surface area contributed by atoms with Crippen LogP contribution in [0, 0.1) is 5.92 Å². The van der Waals surface area contributed by atoms with Crippen molar-refractivity contribution in [3.05, 3.63) is 29.3 Å². The number of benzene rings is 1. The third-order valence-corrected chi connectivity index (χ3v) is 4.78. The fourth-order valence-electron chi connectivity index (χ4n) is 2.91. The van der Waals surface area contributed by atoms with Gasteiger partial charge in [0.1, 0.15) is 12.4 Å². The van der Waals surface area contributed by atoms with E-state index >= 15 is 0 Å². The zero-order chi connectivity index (χ0) is 20.0. The lowest BCUT2D eigenvalue weighted by atomic mass is 9.96. The van der Waals surface area contributed by atoms with Crippen molar-refractivity contribution >= 4 is 29.4 Å². The van der Waals surface area contributed by atoms with Crippen molar-refractivity contribution in [3.63, 3.8) is 0 Å². The lowest BCUT2D eigenvalue weighted by Crippen LogP contribution is -2.47. The van der Waals surface area contributed by atoms with Crippen LogP contribution in [0.5, 0.6) is 5.75 Å². The predicted octanol–water partition coefficient (Wildman–Crippen LogP) is 2.33. The Morgan fingerprint density at radius 3 is 2.74 bits per heavy atom. The van der Waals surface area contributed by atoms with Gasteiger partial charge in [0.25, 0.3) is 0 Å². The first-order valence-corrected chi connectivity index (χ1v) is 9.24. The summed E-state index contributed by atoms with van der Waals surface area (Å²) in [6, 6.07) is 7.10. The summed E-state index contributed by atoms with van der Waals surface area (Å²) in [4.78, 5) is 36.9. The SMILES string of the molecule is CC(C)(CCC(=O)O)NC(=O)C1CC(=O)N(CCOc2ccccc2Cl)C1. The molecule has 0 spiro atoms. The maximum absolute atomic E-state index is 12.5. The Morgan fingerprint density at radius 1 is 1.37 bits per heavy atom. The average molecular weight is 397 g/mol. The quantitative estimate of drug-likeness (QED) is 0.667. The van der Waals surface area contributed by atoms with E-state index in [1.54, 1.807) is 36.9 Å². The first-order valence-electron chi connectivity index (χ1n) is 8.87. The standard InChI is InChI=1S/C19H25ClN2O5/c1-19(2,8-7-17(24)25)21-18(26)13-11-16(23)22(12-13)9-10-27-15-6-4-3-5-14(15)20/h3-6,13H,7-12H2,1-2H3,(H,21,26)(H,24,25). The maximum atomic E-state index is 12.5. The van der Waals surface area contributed by atoms with E-state index in [0.29, 0.717) is 30.3 Å². The predicted molar refractivity (Wildman–Crippen MR) is 101 cm³/mol. The Morgan fingerprint density at radius 2 is 2.07 bits per heavy atom. The molecule has 0 aliphatic carbocycles. The van der Waals surface area contributed by atoms with Crippen LogP contribution >= 0.6 is 11.6 Å². The van der Waals surface area contributed by atoms with E-state index in [0.717, 1.165) is 0 Å². The average Bonchev–Trinajstić information content (AvgIpc) is 2.96. The van der Waals surface area contributed by atoms with E-state index in [1.165, 1.54) is 0 Å². The molecule has 0 bridgehead atoms. The number of hydrogen-bond acceptors (Lipinski definition) is 4. The monoisotopic (exact) mass is 396 g/mol. The highest BCUT2D eigenvalue weighted by molar-refractivity contribution is 6.32. The minimum atomic E-state index is -0.905. The number of likely N-dealkylation sites (tertiary alicyclic amines) is 1. The number of amides is 2. The highest BCUT2D eigenvalue weighted by atomic mass is 35.5. The lowest BCUT2D eigenvalue weighted by Gasteiger charge is -2.27. The Hall–Kier alpha value is -2.28. The largest absolute Gasteiger partial charge is 0.490 e. The van der Waals surface area contributed by atoms with Gasteiger partial charge >= 0.3 is 5.97 Å². The Bertz CT molecular complexity index is 707. The molecule has 1 aromatic carbocycles. The van der Waals surface area contributed by atoms with Gasteiger partial charge in [0, 0.05) is 24.9 Å². The molecule has 0 radical (unpaired) electrons. The van der Waals surface area contributed by atoms with Crippen LogP contribution in [0.3, 0.4) is 0 Å². The molecule has 0 saturated carbocycles. The van der Waals surface area contributed by atoms with Gasteiger partial charge in [0.05, 0.1) is 17.5 Å². The van der Waals surface area contributed by atoms with Crippen LogP contribution < -0.4 is 10.1 Å². The van der Waals surface area contributed by atoms with Crippen LogP contribution in [0.2, 0.25) is 5.02 Å². The number of hydrogen-bond donors (Lipinski definition) is 2. The summed E-state index contributed by atoms with van der Waals surface area (Å²) in [6.07, 6.45) is 0.444. The molecule has 1 aliphatic heterocycles. The lowest BCUT2D eigenvalue weighted by molar-refractivity contribution is -0.138. The Labute approximate surface area is 163 Å². The summed E-state index contributed by atoms with van der Waals surface area (Å²) in [6.45, 7) is 4.54. The number of carboxylic acids is 1. The zero-order valence-electron chi connectivity index (χ0n) is 15.5. The number of carboxylic acid groups (broad SMARTS) is 1. The summed E-state index contributed by atoms with van der Waals surface area (Å²) in [5.74, 6) is -1.12. The number of ether oxygens (including phenoxy) is 1. The molecule has 148 valence electrons. The van der Waals surface area contributed by atoms with Crippen LogP contribution in [0.25, 0.3) is 0 Å². The second-order valence-corrected chi connectivity index (χ2v) is 7.69. The summed E-state index contributed by atoms with van der Waals surface area (Å²) >= 11 is 6.02. The number of nitrogens with one attached hydrogen (secondary N) is 1. The van der Waals surface area contributed by atoms with Gasteiger partial charge in [-0.1, -0.05) is 23.7 Å². The van der Waals surface area contributed by atoms with E-state index in [1.807, 2.05) is 6.07 Å². The molecule has 1 unspecified atom stereocenters. The second kappa shape index (κ2) is 9.08. The van der Waals surface area contributed by atoms with E-state index in [2.05, 4.69) is 5.32 Å². The normalized spacial score (nSPS) is 17.1. The summed E-state index contributed by atoms with van der Waals surface area (Å²) in [5.41, 5.74) is -0.640. The number of carbonyl (C=O) groups excluding carboxylic acids is 2. The number of halogens is 1. The van der Waals surface area contributed by atoms with Gasteiger partial charge < -0.3 is 20.1 Å². The van der Waals surface area contributed by atoms with Crippen molar-refractivity contribution in [1.29, 1.82) is 0 Å². The molecular weight excluding hydrogens is 372 g/mol. The number of para-hydroxylation sites is 1. The van der Waals surface area contributed by atoms with Crippen LogP contribution in [0.15, 0.2) is 24.3 Å². The first kappa shape index (κ1) is 21.0. The van der Waals surface area contributed by atoms with Crippen LogP contribution in [0.1, 0.15) is 33.1 Å². The van der Waals surface area contributed by atoms with Gasteiger partial charge in [-0.15, -0.1) is 0 Å². The minimum absolute atomic E-state index is 0.0254. The van der Waals surface area contributed by atoms with Crippen LogP contribution in [-0.4, -0.2) is 53.0 Å². The van der Waals surface area contributed by atoms with E-state index in [-0.39, 0.29) is 31.3 Å². The number of nitrogens with zero attached hydrogens (tertiary/aromatic N) is 1. The smallest absolute Gasteiger partial charge is 0.303 e. The molecule has 1 heterocycles. The van der Waals surface area contributed by atoms with Crippen LogP contribution in [0.4, 0.5) is 0 Å². The molecule has 2 N–H and O–H groups in total. The fourth-order valence-corrected chi connectivity index (χ4v) is 3.10. The molecule has 0 aromatic heterocycles. The Kier molecular flexibility index (Phi) is 7.07. The summed E-state index contributed by atoms with van der Waals surface area (Å²) < 4.78 is 5.60. The Balaban J connectivity index is 1.81. The topological polar surface area (TPSA) is 95.9 Å². The van der Waals surface area contributed by atoms with Crippen molar-refractivity contribution in [3.8, 4) is 5.75 Å². The van der Waals surface area contributed by atoms with Gasteiger partial charge in [0.15, 0.2) is 0 Å². The molecule has 2 rings (SSSR count). The third-order valence-electron chi connectivity index (χ3n) is 4.47. The van der Waals surface area contributed by atoms with Gasteiger partial charge in [-0.3, -0.25) is 14.4 Å². The van der Waals surface area contributed by atoms with Gasteiger partial charge in [-0.25, -0.2) is 0 Å². The molecule has 2 amide bonds. The van der Waals surface area contributed by atoms with Crippen LogP contribution in [-0.2, 0) is 14.4 Å². The van der Waals surface area contributed by atoms with Crippen molar-refractivity contribution in [2.24, 2.45) is 5.92 Å². The second-order valence-electron chi connectivity index (χ2n) is 7.29. The molecule has 1 saturated heterocycles. The van der Waals surface area contributed by atoms with Gasteiger partial charge in [-0.2, -0.15) is 0 Å². The molecule has 7 nitrogen and oxygen atoms in total. The number of rotatable bonds is 9. The van der Waals surface area contributed by atoms with Crippen molar-refractivity contribution < 1.29 is 24.2 Å². The highest BCUT2D eigenvalue weighted by Gasteiger charge is 2.36. The number of carbonyl (C=O) groups is 3. The minimum Gasteiger partial charge on any atom is -0.490 e. The third kappa shape index (κ3) is 6.43. The molecule has 27 heavy (non-hydrogen) atoms. The van der Waals surface area contributed by atoms with Crippen molar-refractivity contribution in [2.75, 3.05) is 19.7 Å². The molecule has 1 fully saturated rings. The molecular formula is C19H25ClN2O5. The van der Waals surface area contributed by atoms with E-state index in [4.69, 9.17) is 21.4 Å². The summed E-state index contributed by atoms with van der Waals surface area (Å²) in [5, 5.41) is 12.1. The van der Waals surface area contributed by atoms with Crippen molar-refractivity contribution in [1.82, 2.24) is 10.2 Å². The fraction of sp³-hybridized carbons (Fsp3) is 0.526. The maximum Gasteiger partial charge on any atom is 0.303 e. The van der Waals surface area contributed by atoms with Gasteiger partial charge in [-0.05, 0) is 32.4 Å². The van der Waals surface area contributed by atoms with Crippen molar-refractivity contribution in [2.45, 2.75) is 38.6 Å². The zero-order valence-corrected chi connectivity index (χ0v) is 16.3. The van der Waals surface area contributed by atoms with E-state index < -0.39 is 17.4 Å². The van der Waals surface area contributed by atoms with E-state index in [9.17, 15) is 14.4 Å². The molecule has 1 aromatic rings. The number of aliphatic carboxylic acids is 1. The molecule has 1 atom stereocenters. The van der Waals surface area contributed by atoms with Gasteiger partial charge in [0.2, 0.25) is 11.8 Å². The first-order chi connectivity index (χ1) is 12.7. The molecule has 1 aliphatic rings. The highest BCUT2D eigenvalue weighted by Crippen LogP contribution is 2.24.